The lowest BCUT2D eigenvalue weighted by Crippen LogP contribution is -2.48. The van der Waals surface area contributed by atoms with Crippen LogP contribution in [0.15, 0.2) is 33.7 Å². The minimum Gasteiger partial charge on any atom is -0.357 e. The van der Waals surface area contributed by atoms with Crippen LogP contribution < -0.4 is 16.0 Å². The molecular formula is C20H33BrIN5O. The van der Waals surface area contributed by atoms with Crippen LogP contribution in [0.5, 0.6) is 0 Å². The number of rotatable bonds is 8. The van der Waals surface area contributed by atoms with Crippen LogP contribution in [-0.2, 0) is 4.79 Å². The molecule has 8 heteroatoms. The highest BCUT2D eigenvalue weighted by Gasteiger charge is 2.19. The van der Waals surface area contributed by atoms with E-state index in [-0.39, 0.29) is 29.9 Å². The van der Waals surface area contributed by atoms with E-state index < -0.39 is 0 Å². The maximum Gasteiger partial charge on any atom is 0.226 e. The number of aliphatic imine (C=N–C) groups is 1. The molecular weight excluding hydrogens is 533 g/mol. The zero-order valence-corrected chi connectivity index (χ0v) is 20.8. The molecule has 1 saturated heterocycles. The Labute approximate surface area is 194 Å². The van der Waals surface area contributed by atoms with Gasteiger partial charge < -0.3 is 20.9 Å². The molecule has 158 valence electrons. The first-order valence-corrected chi connectivity index (χ1v) is 10.7. The minimum atomic E-state index is -0.0233. The van der Waals surface area contributed by atoms with E-state index in [9.17, 15) is 4.79 Å². The summed E-state index contributed by atoms with van der Waals surface area (Å²) in [5.74, 6) is 0.785. The van der Waals surface area contributed by atoms with Crippen LogP contribution in [0.1, 0.15) is 39.5 Å². The second-order valence-corrected chi connectivity index (χ2v) is 7.74. The summed E-state index contributed by atoms with van der Waals surface area (Å²) in [7, 11) is 0. The summed E-state index contributed by atoms with van der Waals surface area (Å²) in [6.07, 6.45) is 3.84. The number of halogens is 2. The summed E-state index contributed by atoms with van der Waals surface area (Å²) in [5.41, 5.74) is 0.802. The number of likely N-dealkylation sites (tertiary alicyclic amines) is 1. The molecule has 28 heavy (non-hydrogen) atoms. The third-order valence-corrected chi connectivity index (χ3v) is 5.08. The van der Waals surface area contributed by atoms with E-state index in [1.54, 1.807) is 0 Å². The lowest BCUT2D eigenvalue weighted by molar-refractivity contribution is -0.116. The van der Waals surface area contributed by atoms with Crippen molar-refractivity contribution in [2.75, 3.05) is 38.0 Å². The molecule has 1 aliphatic heterocycles. The van der Waals surface area contributed by atoms with E-state index in [0.29, 0.717) is 19.0 Å². The van der Waals surface area contributed by atoms with Gasteiger partial charge in [-0.2, -0.15) is 0 Å². The molecule has 0 saturated carbocycles. The number of hydrogen-bond donors (Lipinski definition) is 3. The summed E-state index contributed by atoms with van der Waals surface area (Å²) in [4.78, 5) is 19.2. The van der Waals surface area contributed by atoms with Crippen LogP contribution in [0, 0.1) is 0 Å². The molecule has 0 unspecified atom stereocenters. The molecule has 0 aliphatic carbocycles. The highest BCUT2D eigenvalue weighted by molar-refractivity contribution is 14.0. The average molecular weight is 566 g/mol. The van der Waals surface area contributed by atoms with E-state index in [1.807, 2.05) is 24.3 Å². The van der Waals surface area contributed by atoms with Gasteiger partial charge in [0.1, 0.15) is 0 Å². The fraction of sp³-hybridized carbons (Fsp3) is 0.600. The van der Waals surface area contributed by atoms with Crippen molar-refractivity contribution in [1.82, 2.24) is 15.5 Å². The summed E-state index contributed by atoms with van der Waals surface area (Å²) >= 11 is 3.39. The molecule has 1 amide bonds. The molecule has 1 fully saturated rings. The Morgan fingerprint density at radius 1 is 1.21 bits per heavy atom. The summed E-state index contributed by atoms with van der Waals surface area (Å²) in [6.45, 7) is 9.03. The van der Waals surface area contributed by atoms with E-state index in [0.717, 1.165) is 48.6 Å². The number of amides is 1. The summed E-state index contributed by atoms with van der Waals surface area (Å²) in [5, 5.41) is 9.71. The molecule has 0 aromatic heterocycles. The zero-order valence-electron chi connectivity index (χ0n) is 16.8. The molecule has 0 spiro atoms. The van der Waals surface area contributed by atoms with Crippen LogP contribution in [0.2, 0.25) is 0 Å². The van der Waals surface area contributed by atoms with Gasteiger partial charge in [0, 0.05) is 42.3 Å². The van der Waals surface area contributed by atoms with Gasteiger partial charge in [0.25, 0.3) is 0 Å². The Balaban J connectivity index is 0.00000392. The van der Waals surface area contributed by atoms with Crippen molar-refractivity contribution >= 4 is 57.5 Å². The van der Waals surface area contributed by atoms with Crippen molar-refractivity contribution in [3.05, 3.63) is 28.7 Å². The zero-order chi connectivity index (χ0) is 19.5. The lowest BCUT2D eigenvalue weighted by Gasteiger charge is -2.32. The number of piperidine rings is 1. The maximum absolute atomic E-state index is 12.1. The van der Waals surface area contributed by atoms with Crippen LogP contribution in [0.25, 0.3) is 0 Å². The molecule has 1 aromatic rings. The summed E-state index contributed by atoms with van der Waals surface area (Å²) < 4.78 is 0.993. The molecule has 0 radical (unpaired) electrons. The van der Waals surface area contributed by atoms with E-state index in [4.69, 9.17) is 0 Å². The Kier molecular flexibility index (Phi) is 12.7. The quantitative estimate of drug-likeness (QED) is 0.255. The Morgan fingerprint density at radius 3 is 2.50 bits per heavy atom. The average Bonchev–Trinajstić information content (AvgIpc) is 2.65. The van der Waals surface area contributed by atoms with Crippen molar-refractivity contribution in [1.29, 1.82) is 0 Å². The number of carbonyl (C=O) groups excluding carboxylic acids is 1. The van der Waals surface area contributed by atoms with Crippen molar-refractivity contribution in [3.63, 3.8) is 0 Å². The fourth-order valence-electron chi connectivity index (χ4n) is 3.16. The molecule has 1 aromatic carbocycles. The standard InChI is InChI=1S/C20H32BrN5O.HI/c1-3-13-26-14-10-18(11-15-26)25-20(22-4-2)23-12-9-19(27)24-17-7-5-16(21)6-8-17;/h5-8,18H,3-4,9-15H2,1-2H3,(H,24,27)(H2,22,23,25);1H. The number of nitrogens with zero attached hydrogens (tertiary/aromatic N) is 2. The lowest BCUT2D eigenvalue weighted by atomic mass is 10.1. The van der Waals surface area contributed by atoms with Crippen molar-refractivity contribution in [3.8, 4) is 0 Å². The topological polar surface area (TPSA) is 68.8 Å². The Bertz CT molecular complexity index is 603. The highest BCUT2D eigenvalue weighted by Crippen LogP contribution is 2.14. The van der Waals surface area contributed by atoms with Crippen molar-refractivity contribution in [2.45, 2.75) is 45.6 Å². The van der Waals surface area contributed by atoms with Gasteiger partial charge in [-0.05, 0) is 57.0 Å². The predicted molar refractivity (Wildman–Crippen MR) is 132 cm³/mol. The van der Waals surface area contributed by atoms with Crippen molar-refractivity contribution < 1.29 is 4.79 Å². The first-order valence-electron chi connectivity index (χ1n) is 9.93. The normalized spacial score (nSPS) is 15.6. The predicted octanol–water partition coefficient (Wildman–Crippen LogP) is 3.83. The summed E-state index contributed by atoms with van der Waals surface area (Å²) in [6, 6.07) is 8.02. The van der Waals surface area contributed by atoms with Crippen LogP contribution >= 0.6 is 39.9 Å². The monoisotopic (exact) mass is 565 g/mol. The molecule has 0 atom stereocenters. The van der Waals surface area contributed by atoms with Gasteiger partial charge in [0.15, 0.2) is 5.96 Å². The number of benzene rings is 1. The molecule has 0 bridgehead atoms. The second-order valence-electron chi connectivity index (χ2n) is 6.83. The second kappa shape index (κ2) is 14.2. The molecule has 1 aliphatic rings. The first-order chi connectivity index (χ1) is 13.1. The fourth-order valence-corrected chi connectivity index (χ4v) is 3.42. The Hall–Kier alpha value is -0.870. The third kappa shape index (κ3) is 9.56. The Morgan fingerprint density at radius 2 is 1.89 bits per heavy atom. The van der Waals surface area contributed by atoms with Gasteiger partial charge in [0.2, 0.25) is 5.91 Å². The smallest absolute Gasteiger partial charge is 0.226 e. The van der Waals surface area contributed by atoms with Gasteiger partial charge in [-0.1, -0.05) is 22.9 Å². The van der Waals surface area contributed by atoms with Gasteiger partial charge in [-0.3, -0.25) is 9.79 Å². The molecule has 3 N–H and O–H groups in total. The molecule has 1 heterocycles. The molecule has 6 nitrogen and oxygen atoms in total. The van der Waals surface area contributed by atoms with Gasteiger partial charge in [-0.15, -0.1) is 24.0 Å². The van der Waals surface area contributed by atoms with Crippen LogP contribution in [0.4, 0.5) is 5.69 Å². The highest BCUT2D eigenvalue weighted by atomic mass is 127. The number of hydrogen-bond acceptors (Lipinski definition) is 3. The van der Waals surface area contributed by atoms with Crippen LogP contribution in [-0.4, -0.2) is 55.5 Å². The SMILES string of the molecule is CCCN1CCC(NC(=NCCC(=O)Nc2ccc(Br)cc2)NCC)CC1.I. The van der Waals surface area contributed by atoms with E-state index >= 15 is 0 Å². The third-order valence-electron chi connectivity index (χ3n) is 4.55. The molecule has 2 rings (SSSR count). The number of anilines is 1. The van der Waals surface area contributed by atoms with E-state index in [1.165, 1.54) is 13.0 Å². The van der Waals surface area contributed by atoms with Gasteiger partial charge in [-0.25, -0.2) is 0 Å². The van der Waals surface area contributed by atoms with Gasteiger partial charge >= 0.3 is 0 Å². The largest absolute Gasteiger partial charge is 0.357 e. The minimum absolute atomic E-state index is 0. The van der Waals surface area contributed by atoms with Gasteiger partial charge in [0.05, 0.1) is 6.54 Å². The maximum atomic E-state index is 12.1. The number of guanidine groups is 1. The number of nitrogens with one attached hydrogen (secondary N) is 3. The first kappa shape index (κ1) is 25.2. The van der Waals surface area contributed by atoms with Crippen LogP contribution in [0.3, 0.4) is 0 Å². The van der Waals surface area contributed by atoms with Crippen molar-refractivity contribution in [2.24, 2.45) is 4.99 Å². The number of carbonyl (C=O) groups is 1. The van der Waals surface area contributed by atoms with E-state index in [2.05, 4.69) is 55.6 Å².